The van der Waals surface area contributed by atoms with Crippen LogP contribution in [0.15, 0.2) is 24.3 Å². The van der Waals surface area contributed by atoms with Crippen molar-refractivity contribution in [2.75, 3.05) is 14.2 Å². The van der Waals surface area contributed by atoms with Crippen molar-refractivity contribution in [2.24, 2.45) is 0 Å². The number of nitrogens with one attached hydrogen (secondary N) is 1. The largest absolute Gasteiger partial charge is 0.496 e. The SMILES string of the molecule is CCC(=N)N(C)Cc1ccccc1OC. The summed E-state index contributed by atoms with van der Waals surface area (Å²) in [5.74, 6) is 1.52. The van der Waals surface area contributed by atoms with E-state index >= 15 is 0 Å². The van der Waals surface area contributed by atoms with Crippen molar-refractivity contribution in [3.8, 4) is 5.75 Å². The highest BCUT2D eigenvalue weighted by Crippen LogP contribution is 2.18. The van der Waals surface area contributed by atoms with Gasteiger partial charge in [0.25, 0.3) is 0 Å². The van der Waals surface area contributed by atoms with E-state index in [0.717, 1.165) is 24.3 Å². The van der Waals surface area contributed by atoms with Gasteiger partial charge in [-0.05, 0) is 6.07 Å². The zero-order valence-corrected chi connectivity index (χ0v) is 9.58. The van der Waals surface area contributed by atoms with Gasteiger partial charge in [0.15, 0.2) is 0 Å². The standard InChI is InChI=1S/C12H18N2O/c1-4-12(13)14(2)9-10-7-5-6-8-11(10)15-3/h5-8,13H,4,9H2,1-3H3. The molecule has 0 aliphatic carbocycles. The monoisotopic (exact) mass is 206 g/mol. The summed E-state index contributed by atoms with van der Waals surface area (Å²) < 4.78 is 5.26. The first-order chi connectivity index (χ1) is 7.19. The number of methoxy groups -OCH3 is 1. The molecule has 0 spiro atoms. The molecule has 82 valence electrons. The number of amidine groups is 1. The molecule has 0 aromatic heterocycles. The number of ether oxygens (including phenoxy) is 1. The van der Waals surface area contributed by atoms with Gasteiger partial charge < -0.3 is 9.64 Å². The quantitative estimate of drug-likeness (QED) is 0.607. The van der Waals surface area contributed by atoms with Crippen LogP contribution in [0.3, 0.4) is 0 Å². The molecule has 3 nitrogen and oxygen atoms in total. The van der Waals surface area contributed by atoms with E-state index in [0.29, 0.717) is 5.84 Å². The predicted octanol–water partition coefficient (Wildman–Crippen LogP) is 2.51. The number of nitrogens with zero attached hydrogens (tertiary/aromatic N) is 1. The van der Waals surface area contributed by atoms with E-state index in [-0.39, 0.29) is 0 Å². The van der Waals surface area contributed by atoms with Gasteiger partial charge in [0.1, 0.15) is 5.75 Å². The summed E-state index contributed by atoms with van der Waals surface area (Å²) in [6.45, 7) is 2.71. The van der Waals surface area contributed by atoms with E-state index in [2.05, 4.69) is 0 Å². The molecule has 0 saturated heterocycles. The summed E-state index contributed by atoms with van der Waals surface area (Å²) in [5.41, 5.74) is 1.11. The summed E-state index contributed by atoms with van der Waals surface area (Å²) in [7, 11) is 3.60. The van der Waals surface area contributed by atoms with E-state index < -0.39 is 0 Å². The molecule has 0 unspecified atom stereocenters. The van der Waals surface area contributed by atoms with Gasteiger partial charge in [-0.25, -0.2) is 0 Å². The van der Waals surface area contributed by atoms with Crippen LogP contribution in [0.25, 0.3) is 0 Å². The maximum Gasteiger partial charge on any atom is 0.123 e. The molecule has 0 amide bonds. The van der Waals surface area contributed by atoms with Crippen molar-refractivity contribution >= 4 is 5.84 Å². The molecule has 0 heterocycles. The molecule has 1 N–H and O–H groups in total. The minimum atomic E-state index is 0.640. The molecule has 0 aliphatic heterocycles. The molecule has 0 saturated carbocycles. The number of rotatable bonds is 4. The van der Waals surface area contributed by atoms with Crippen molar-refractivity contribution in [2.45, 2.75) is 19.9 Å². The molecule has 0 radical (unpaired) electrons. The van der Waals surface area contributed by atoms with Crippen LogP contribution >= 0.6 is 0 Å². The second kappa shape index (κ2) is 5.39. The van der Waals surface area contributed by atoms with Crippen LogP contribution in [0.1, 0.15) is 18.9 Å². The zero-order chi connectivity index (χ0) is 11.3. The Morgan fingerprint density at radius 2 is 2.07 bits per heavy atom. The van der Waals surface area contributed by atoms with Crippen LogP contribution in [0.4, 0.5) is 0 Å². The zero-order valence-electron chi connectivity index (χ0n) is 9.58. The lowest BCUT2D eigenvalue weighted by Gasteiger charge is -2.20. The van der Waals surface area contributed by atoms with Gasteiger partial charge in [-0.3, -0.25) is 5.41 Å². The molecule has 0 atom stereocenters. The van der Waals surface area contributed by atoms with E-state index in [4.69, 9.17) is 10.1 Å². The smallest absolute Gasteiger partial charge is 0.123 e. The third kappa shape index (κ3) is 2.98. The Kier molecular flexibility index (Phi) is 4.16. The van der Waals surface area contributed by atoms with Crippen molar-refractivity contribution in [3.63, 3.8) is 0 Å². The Hall–Kier alpha value is -1.51. The molecule has 1 rings (SSSR count). The third-order valence-electron chi connectivity index (χ3n) is 2.40. The Morgan fingerprint density at radius 1 is 1.40 bits per heavy atom. The molecule has 0 fully saturated rings. The Labute approximate surface area is 91.2 Å². The second-order valence-electron chi connectivity index (χ2n) is 3.47. The summed E-state index contributed by atoms with van der Waals surface area (Å²) in [5, 5.41) is 7.71. The average molecular weight is 206 g/mol. The fraction of sp³-hybridized carbons (Fsp3) is 0.417. The average Bonchev–Trinajstić information content (AvgIpc) is 2.28. The van der Waals surface area contributed by atoms with Crippen LogP contribution in [0.2, 0.25) is 0 Å². The Bertz CT molecular complexity index is 336. The van der Waals surface area contributed by atoms with Crippen LogP contribution < -0.4 is 4.74 Å². The molecule has 15 heavy (non-hydrogen) atoms. The van der Waals surface area contributed by atoms with Gasteiger partial charge in [0.05, 0.1) is 12.9 Å². The molecular weight excluding hydrogens is 188 g/mol. The maximum absolute atomic E-state index is 7.71. The highest BCUT2D eigenvalue weighted by molar-refractivity contribution is 5.78. The summed E-state index contributed by atoms with van der Waals surface area (Å²) in [4.78, 5) is 1.93. The first-order valence-electron chi connectivity index (χ1n) is 5.09. The number of benzene rings is 1. The lowest BCUT2D eigenvalue weighted by Crippen LogP contribution is -2.24. The minimum Gasteiger partial charge on any atom is -0.496 e. The van der Waals surface area contributed by atoms with Gasteiger partial charge in [-0.2, -0.15) is 0 Å². The normalized spacial score (nSPS) is 9.80. The third-order valence-corrected chi connectivity index (χ3v) is 2.40. The molecule has 3 heteroatoms. The van der Waals surface area contributed by atoms with E-state index in [9.17, 15) is 0 Å². The lowest BCUT2D eigenvalue weighted by molar-refractivity contribution is 0.397. The van der Waals surface area contributed by atoms with Gasteiger partial charge >= 0.3 is 0 Å². The predicted molar refractivity (Wildman–Crippen MR) is 62.5 cm³/mol. The molecule has 1 aromatic carbocycles. The molecule has 0 bridgehead atoms. The molecule has 0 aliphatic rings. The first kappa shape index (κ1) is 11.6. The maximum atomic E-state index is 7.71. The summed E-state index contributed by atoms with van der Waals surface area (Å²) in [6, 6.07) is 7.91. The van der Waals surface area contributed by atoms with Gasteiger partial charge in [0.2, 0.25) is 0 Å². The van der Waals surface area contributed by atoms with E-state index in [1.54, 1.807) is 7.11 Å². The van der Waals surface area contributed by atoms with Crippen molar-refractivity contribution in [3.05, 3.63) is 29.8 Å². The van der Waals surface area contributed by atoms with Crippen LogP contribution in [-0.2, 0) is 6.54 Å². The fourth-order valence-electron chi connectivity index (χ4n) is 1.45. The first-order valence-corrected chi connectivity index (χ1v) is 5.09. The second-order valence-corrected chi connectivity index (χ2v) is 3.47. The summed E-state index contributed by atoms with van der Waals surface area (Å²) >= 11 is 0. The fourth-order valence-corrected chi connectivity index (χ4v) is 1.45. The van der Waals surface area contributed by atoms with Gasteiger partial charge in [-0.1, -0.05) is 25.1 Å². The number of hydrogen-bond donors (Lipinski definition) is 1. The topological polar surface area (TPSA) is 36.3 Å². The highest BCUT2D eigenvalue weighted by atomic mass is 16.5. The Balaban J connectivity index is 2.75. The number of hydrogen-bond acceptors (Lipinski definition) is 2. The molecule has 1 aromatic rings. The Morgan fingerprint density at radius 3 is 2.67 bits per heavy atom. The van der Waals surface area contributed by atoms with Gasteiger partial charge in [0, 0.05) is 25.6 Å². The number of para-hydroxylation sites is 1. The van der Waals surface area contributed by atoms with Crippen LogP contribution in [0, 0.1) is 5.41 Å². The van der Waals surface area contributed by atoms with Crippen molar-refractivity contribution in [1.29, 1.82) is 5.41 Å². The van der Waals surface area contributed by atoms with Gasteiger partial charge in [-0.15, -0.1) is 0 Å². The highest BCUT2D eigenvalue weighted by Gasteiger charge is 2.06. The molecular formula is C12H18N2O. The van der Waals surface area contributed by atoms with Crippen LogP contribution in [0.5, 0.6) is 5.75 Å². The van der Waals surface area contributed by atoms with Crippen molar-refractivity contribution in [1.82, 2.24) is 4.90 Å². The van der Waals surface area contributed by atoms with Crippen molar-refractivity contribution < 1.29 is 4.74 Å². The van der Waals surface area contributed by atoms with E-state index in [1.165, 1.54) is 0 Å². The minimum absolute atomic E-state index is 0.640. The summed E-state index contributed by atoms with van der Waals surface area (Å²) in [6.07, 6.45) is 0.756. The van der Waals surface area contributed by atoms with Crippen LogP contribution in [-0.4, -0.2) is 24.9 Å². The lowest BCUT2D eigenvalue weighted by atomic mass is 10.2. The van der Waals surface area contributed by atoms with E-state index in [1.807, 2.05) is 43.1 Å².